The number of halogens is 1. The van der Waals surface area contributed by atoms with E-state index in [-0.39, 0.29) is 11.9 Å². The summed E-state index contributed by atoms with van der Waals surface area (Å²) in [4.78, 5) is 12.1. The molecule has 2 unspecified atom stereocenters. The summed E-state index contributed by atoms with van der Waals surface area (Å²) >= 11 is 3.46. The molecule has 1 heterocycles. The zero-order valence-corrected chi connectivity index (χ0v) is 10.8. The van der Waals surface area contributed by atoms with Gasteiger partial charge in [-0.05, 0) is 26.3 Å². The molecule has 84 valence electrons. The largest absolute Gasteiger partial charge is 0.469 e. The van der Waals surface area contributed by atoms with Crippen LogP contribution < -0.4 is 5.32 Å². The van der Waals surface area contributed by atoms with Crippen molar-refractivity contribution in [1.29, 1.82) is 0 Å². The second-order valence-corrected chi connectivity index (χ2v) is 5.34. The van der Waals surface area contributed by atoms with Gasteiger partial charge in [-0.15, -0.1) is 0 Å². The first-order chi connectivity index (χ1) is 7.00. The average molecular weight is 274 g/mol. The highest BCUT2D eigenvalue weighted by Gasteiger charge is 2.14. The van der Waals surface area contributed by atoms with Gasteiger partial charge in [-0.1, -0.05) is 22.9 Å². The van der Waals surface area contributed by atoms with E-state index < -0.39 is 0 Å². The Morgan fingerprint density at radius 1 is 1.60 bits per heavy atom. The maximum Gasteiger partial charge on any atom is 0.255 e. The normalized spacial score (nSPS) is 14.7. The number of hydrogen-bond acceptors (Lipinski definition) is 2. The molecular formula is C11H16BrNO2. The number of rotatable bonds is 4. The Kier molecular flexibility index (Phi) is 4.39. The standard InChI is InChI=1S/C11H16BrNO2/c1-7(12)6-8(2)13-11(14)10-4-5-15-9(10)3/h4-5,7-8H,6H2,1-3H3,(H,13,14). The Bertz CT molecular complexity index is 333. The number of amides is 1. The molecule has 0 spiro atoms. The van der Waals surface area contributed by atoms with E-state index in [0.717, 1.165) is 6.42 Å². The Balaban J connectivity index is 2.53. The van der Waals surface area contributed by atoms with Crippen LogP contribution in [0.3, 0.4) is 0 Å². The third-order valence-corrected chi connectivity index (χ3v) is 2.53. The highest BCUT2D eigenvalue weighted by molar-refractivity contribution is 9.09. The van der Waals surface area contributed by atoms with Gasteiger partial charge in [0.15, 0.2) is 0 Å². The Labute approximate surface area is 98.4 Å². The smallest absolute Gasteiger partial charge is 0.255 e. The number of alkyl halides is 1. The summed E-state index contributed by atoms with van der Waals surface area (Å²) in [5.74, 6) is 0.591. The van der Waals surface area contributed by atoms with Crippen molar-refractivity contribution in [2.75, 3.05) is 0 Å². The number of carbonyl (C=O) groups is 1. The number of hydrogen-bond donors (Lipinski definition) is 1. The average Bonchev–Trinajstić information content (AvgIpc) is 2.49. The molecule has 4 heteroatoms. The van der Waals surface area contributed by atoms with E-state index in [0.29, 0.717) is 16.2 Å². The van der Waals surface area contributed by atoms with Crippen LogP contribution in [0.4, 0.5) is 0 Å². The maximum absolute atomic E-state index is 11.7. The second-order valence-electron chi connectivity index (χ2n) is 3.78. The third kappa shape index (κ3) is 3.70. The molecule has 15 heavy (non-hydrogen) atoms. The van der Waals surface area contributed by atoms with Gasteiger partial charge in [-0.2, -0.15) is 0 Å². The monoisotopic (exact) mass is 273 g/mol. The summed E-state index contributed by atoms with van der Waals surface area (Å²) in [6.07, 6.45) is 2.44. The van der Waals surface area contributed by atoms with E-state index in [1.54, 1.807) is 13.0 Å². The van der Waals surface area contributed by atoms with Crippen molar-refractivity contribution in [2.24, 2.45) is 0 Å². The SMILES string of the molecule is Cc1occc1C(=O)NC(C)CC(C)Br. The fourth-order valence-electron chi connectivity index (χ4n) is 1.47. The van der Waals surface area contributed by atoms with Gasteiger partial charge in [0.05, 0.1) is 11.8 Å². The molecule has 1 N–H and O–H groups in total. The van der Waals surface area contributed by atoms with Crippen molar-refractivity contribution in [2.45, 2.75) is 38.1 Å². The zero-order valence-electron chi connectivity index (χ0n) is 9.21. The first-order valence-corrected chi connectivity index (χ1v) is 5.91. The molecular weight excluding hydrogens is 258 g/mol. The van der Waals surface area contributed by atoms with Crippen molar-refractivity contribution in [3.8, 4) is 0 Å². The molecule has 0 aliphatic heterocycles. The molecule has 1 rings (SSSR count). The van der Waals surface area contributed by atoms with Gasteiger partial charge in [-0.3, -0.25) is 4.79 Å². The quantitative estimate of drug-likeness (QED) is 0.858. The number of carbonyl (C=O) groups excluding carboxylic acids is 1. The Morgan fingerprint density at radius 2 is 2.27 bits per heavy atom. The van der Waals surface area contributed by atoms with Crippen LogP contribution in [0, 0.1) is 6.92 Å². The van der Waals surface area contributed by atoms with Crippen molar-refractivity contribution >= 4 is 21.8 Å². The predicted molar refractivity (Wildman–Crippen MR) is 63.4 cm³/mol. The van der Waals surface area contributed by atoms with Crippen molar-refractivity contribution in [1.82, 2.24) is 5.32 Å². The van der Waals surface area contributed by atoms with Crippen LogP contribution in [0.1, 0.15) is 36.4 Å². The van der Waals surface area contributed by atoms with Crippen molar-refractivity contribution in [3.05, 3.63) is 23.7 Å². The van der Waals surface area contributed by atoms with Gasteiger partial charge >= 0.3 is 0 Å². The minimum Gasteiger partial charge on any atom is -0.469 e. The molecule has 0 aliphatic carbocycles. The number of nitrogens with one attached hydrogen (secondary N) is 1. The Hall–Kier alpha value is -0.770. The first kappa shape index (κ1) is 12.3. The minimum absolute atomic E-state index is 0.0677. The van der Waals surface area contributed by atoms with Gasteiger partial charge in [-0.25, -0.2) is 0 Å². The topological polar surface area (TPSA) is 42.2 Å². The van der Waals surface area contributed by atoms with Gasteiger partial charge < -0.3 is 9.73 Å². The molecule has 3 nitrogen and oxygen atoms in total. The van der Waals surface area contributed by atoms with Crippen LogP contribution in [-0.4, -0.2) is 16.8 Å². The lowest BCUT2D eigenvalue weighted by Crippen LogP contribution is -2.33. The molecule has 1 aromatic heterocycles. The van der Waals surface area contributed by atoms with E-state index in [9.17, 15) is 4.79 Å². The van der Waals surface area contributed by atoms with E-state index in [4.69, 9.17) is 4.42 Å². The lowest BCUT2D eigenvalue weighted by atomic mass is 10.1. The highest BCUT2D eigenvalue weighted by atomic mass is 79.9. The van der Waals surface area contributed by atoms with Gasteiger partial charge in [0.2, 0.25) is 0 Å². The lowest BCUT2D eigenvalue weighted by Gasteiger charge is -2.14. The van der Waals surface area contributed by atoms with Crippen LogP contribution >= 0.6 is 15.9 Å². The van der Waals surface area contributed by atoms with Gasteiger partial charge in [0, 0.05) is 10.9 Å². The Morgan fingerprint density at radius 3 is 2.73 bits per heavy atom. The molecule has 0 radical (unpaired) electrons. The van der Waals surface area contributed by atoms with Gasteiger partial charge in [0.25, 0.3) is 5.91 Å². The summed E-state index contributed by atoms with van der Waals surface area (Å²) in [6.45, 7) is 5.84. The van der Waals surface area contributed by atoms with Crippen LogP contribution in [0.5, 0.6) is 0 Å². The van der Waals surface area contributed by atoms with Crippen molar-refractivity contribution in [3.63, 3.8) is 0 Å². The van der Waals surface area contributed by atoms with E-state index in [1.165, 1.54) is 6.26 Å². The lowest BCUT2D eigenvalue weighted by molar-refractivity contribution is 0.0937. The maximum atomic E-state index is 11.7. The molecule has 2 atom stereocenters. The molecule has 1 amide bonds. The van der Waals surface area contributed by atoms with E-state index in [1.807, 2.05) is 6.92 Å². The van der Waals surface area contributed by atoms with Crippen LogP contribution in [0.25, 0.3) is 0 Å². The predicted octanol–water partition coefficient (Wildman–Crippen LogP) is 2.88. The third-order valence-electron chi connectivity index (χ3n) is 2.16. The summed E-state index contributed by atoms with van der Waals surface area (Å²) in [5, 5.41) is 2.93. The number of aryl methyl sites for hydroxylation is 1. The van der Waals surface area contributed by atoms with E-state index >= 15 is 0 Å². The van der Waals surface area contributed by atoms with Crippen LogP contribution in [0.2, 0.25) is 0 Å². The molecule has 0 fully saturated rings. The summed E-state index contributed by atoms with van der Waals surface area (Å²) in [5.41, 5.74) is 0.615. The molecule has 0 saturated carbocycles. The molecule has 0 aliphatic rings. The first-order valence-electron chi connectivity index (χ1n) is 4.99. The van der Waals surface area contributed by atoms with Crippen molar-refractivity contribution < 1.29 is 9.21 Å². The highest BCUT2D eigenvalue weighted by Crippen LogP contribution is 2.10. The number of furan rings is 1. The molecule has 0 bridgehead atoms. The fraction of sp³-hybridized carbons (Fsp3) is 0.545. The fourth-order valence-corrected chi connectivity index (χ4v) is 2.03. The summed E-state index contributed by atoms with van der Waals surface area (Å²) < 4.78 is 5.08. The van der Waals surface area contributed by atoms with Crippen LogP contribution in [0.15, 0.2) is 16.7 Å². The second kappa shape index (κ2) is 5.35. The minimum atomic E-state index is -0.0677. The molecule has 0 saturated heterocycles. The zero-order chi connectivity index (χ0) is 11.4. The van der Waals surface area contributed by atoms with Gasteiger partial charge in [0.1, 0.15) is 5.76 Å². The summed E-state index contributed by atoms with van der Waals surface area (Å²) in [6, 6.07) is 1.84. The molecule has 1 aromatic rings. The van der Waals surface area contributed by atoms with E-state index in [2.05, 4.69) is 28.2 Å². The molecule has 0 aromatic carbocycles. The van der Waals surface area contributed by atoms with Crippen LogP contribution in [-0.2, 0) is 0 Å². The summed E-state index contributed by atoms with van der Waals surface area (Å²) in [7, 11) is 0.